The second kappa shape index (κ2) is 9.16. The number of amides is 1. The van der Waals surface area contributed by atoms with Gasteiger partial charge in [0.05, 0.1) is 13.4 Å². The van der Waals surface area contributed by atoms with Crippen molar-refractivity contribution in [2.75, 3.05) is 12.4 Å². The molecule has 1 aromatic heterocycles. The van der Waals surface area contributed by atoms with Crippen LogP contribution < -0.4 is 10.1 Å². The van der Waals surface area contributed by atoms with Crippen molar-refractivity contribution >= 4 is 39.7 Å². The topological polar surface area (TPSA) is 51.5 Å². The predicted molar refractivity (Wildman–Crippen MR) is 136 cm³/mol. The maximum Gasteiger partial charge on any atom is 0.248 e. The lowest BCUT2D eigenvalue weighted by Crippen LogP contribution is -2.10. The van der Waals surface area contributed by atoms with Crippen molar-refractivity contribution < 1.29 is 13.9 Å². The molecular weight excluding hydrogens is 434 g/mol. The molecule has 0 atom stereocenters. The zero-order valence-electron chi connectivity index (χ0n) is 19.4. The van der Waals surface area contributed by atoms with Gasteiger partial charge < -0.3 is 14.5 Å². The highest BCUT2D eigenvalue weighted by molar-refractivity contribution is 6.31. The zero-order valence-corrected chi connectivity index (χ0v) is 20.1. The fourth-order valence-corrected chi connectivity index (χ4v) is 4.19. The molecule has 168 valence electrons. The van der Waals surface area contributed by atoms with Gasteiger partial charge in [-0.15, -0.1) is 0 Å². The first-order valence-corrected chi connectivity index (χ1v) is 11.1. The van der Waals surface area contributed by atoms with E-state index < -0.39 is 0 Å². The fourth-order valence-electron chi connectivity index (χ4n) is 4.01. The number of allylic oxidation sites excluding steroid dienone is 1. The number of hydrogen-bond acceptors (Lipinski definition) is 3. The summed E-state index contributed by atoms with van der Waals surface area (Å²) < 4.78 is 11.7. The molecule has 5 heteroatoms. The molecular formula is C28H26ClNO3. The summed E-state index contributed by atoms with van der Waals surface area (Å²) in [4.78, 5) is 12.8. The van der Waals surface area contributed by atoms with E-state index in [1.165, 1.54) is 5.56 Å². The lowest BCUT2D eigenvalue weighted by molar-refractivity contribution is -0.111. The van der Waals surface area contributed by atoms with Gasteiger partial charge in [-0.2, -0.15) is 0 Å². The number of aryl methyl sites for hydroxylation is 2. The monoisotopic (exact) mass is 459 g/mol. The Morgan fingerprint density at radius 2 is 1.79 bits per heavy atom. The van der Waals surface area contributed by atoms with Gasteiger partial charge in [0.1, 0.15) is 11.3 Å². The van der Waals surface area contributed by atoms with Crippen molar-refractivity contribution in [2.45, 2.75) is 27.7 Å². The van der Waals surface area contributed by atoms with E-state index in [0.29, 0.717) is 16.5 Å². The molecule has 1 heterocycles. The number of hydrogen-bond donors (Lipinski definition) is 1. The van der Waals surface area contributed by atoms with Crippen molar-refractivity contribution in [3.63, 3.8) is 0 Å². The highest BCUT2D eigenvalue weighted by Crippen LogP contribution is 2.40. The SMILES string of the molecule is COc1c(/C(C)=C/C(=O)Nc2cccc(Cl)c2C)cc2c(-c3ccc(C)cc3)coc2c1C. The van der Waals surface area contributed by atoms with Crippen molar-refractivity contribution in [1.29, 1.82) is 0 Å². The van der Waals surface area contributed by atoms with E-state index in [0.717, 1.165) is 44.4 Å². The van der Waals surface area contributed by atoms with Crippen LogP contribution in [-0.2, 0) is 4.79 Å². The maximum absolute atomic E-state index is 12.8. The van der Waals surface area contributed by atoms with Gasteiger partial charge in [-0.3, -0.25) is 4.79 Å². The molecule has 4 rings (SSSR count). The predicted octanol–water partition coefficient (Wildman–Crippen LogP) is 7.73. The molecule has 0 saturated carbocycles. The molecule has 33 heavy (non-hydrogen) atoms. The largest absolute Gasteiger partial charge is 0.496 e. The Bertz CT molecular complexity index is 1380. The van der Waals surface area contributed by atoms with E-state index in [-0.39, 0.29) is 5.91 Å². The zero-order chi connectivity index (χ0) is 23.7. The minimum atomic E-state index is -0.233. The number of anilines is 1. The molecule has 4 nitrogen and oxygen atoms in total. The normalized spacial score (nSPS) is 11.6. The number of rotatable bonds is 5. The van der Waals surface area contributed by atoms with Gasteiger partial charge in [-0.1, -0.05) is 47.5 Å². The van der Waals surface area contributed by atoms with E-state index in [1.54, 1.807) is 25.5 Å². The fraction of sp³-hybridized carbons (Fsp3) is 0.179. The molecule has 0 unspecified atom stereocenters. The Kier molecular flexibility index (Phi) is 6.30. The molecule has 4 aromatic rings. The number of carbonyl (C=O) groups is 1. The van der Waals surface area contributed by atoms with E-state index >= 15 is 0 Å². The summed E-state index contributed by atoms with van der Waals surface area (Å²) in [6.45, 7) is 7.81. The van der Waals surface area contributed by atoms with Crippen LogP contribution in [0.4, 0.5) is 5.69 Å². The summed E-state index contributed by atoms with van der Waals surface area (Å²) in [6, 6.07) is 15.8. The van der Waals surface area contributed by atoms with Gasteiger partial charge >= 0.3 is 0 Å². The number of benzene rings is 3. The van der Waals surface area contributed by atoms with Crippen LogP contribution in [0.25, 0.3) is 27.7 Å². The Balaban J connectivity index is 1.76. The first-order chi connectivity index (χ1) is 15.8. The molecule has 0 bridgehead atoms. The Labute approximate surface area is 198 Å². The van der Waals surface area contributed by atoms with Crippen LogP contribution in [0.5, 0.6) is 5.75 Å². The number of fused-ring (bicyclic) bond motifs is 1. The van der Waals surface area contributed by atoms with Gasteiger partial charge in [-0.25, -0.2) is 0 Å². The lowest BCUT2D eigenvalue weighted by atomic mass is 9.96. The molecule has 3 aromatic carbocycles. The van der Waals surface area contributed by atoms with Crippen LogP contribution in [0.1, 0.15) is 29.2 Å². The third-order valence-electron chi connectivity index (χ3n) is 5.91. The molecule has 0 aliphatic heterocycles. The van der Waals surface area contributed by atoms with E-state index in [9.17, 15) is 4.79 Å². The second-order valence-corrected chi connectivity index (χ2v) is 8.61. The summed E-state index contributed by atoms with van der Waals surface area (Å²) in [5, 5.41) is 4.51. The number of furan rings is 1. The third kappa shape index (κ3) is 4.39. The average molecular weight is 460 g/mol. The van der Waals surface area contributed by atoms with Gasteiger partial charge in [0, 0.05) is 38.9 Å². The molecule has 1 N–H and O–H groups in total. The van der Waals surface area contributed by atoms with E-state index in [2.05, 4.69) is 36.5 Å². The van der Waals surface area contributed by atoms with Gasteiger partial charge in [0.25, 0.3) is 0 Å². The highest BCUT2D eigenvalue weighted by Gasteiger charge is 2.19. The Morgan fingerprint density at radius 1 is 1.06 bits per heavy atom. The molecule has 0 fully saturated rings. The van der Waals surface area contributed by atoms with E-state index in [1.807, 2.05) is 39.0 Å². The van der Waals surface area contributed by atoms with Crippen molar-refractivity contribution in [2.24, 2.45) is 0 Å². The van der Waals surface area contributed by atoms with Crippen LogP contribution in [0.2, 0.25) is 5.02 Å². The smallest absolute Gasteiger partial charge is 0.248 e. The number of carbonyl (C=O) groups excluding carboxylic acids is 1. The Morgan fingerprint density at radius 3 is 2.48 bits per heavy atom. The summed E-state index contributed by atoms with van der Waals surface area (Å²) in [5.41, 5.74) is 8.08. The number of ether oxygens (including phenoxy) is 1. The molecule has 0 aliphatic carbocycles. The number of nitrogens with one attached hydrogen (secondary N) is 1. The average Bonchev–Trinajstić information content (AvgIpc) is 3.21. The summed E-state index contributed by atoms with van der Waals surface area (Å²) >= 11 is 6.18. The quantitative estimate of drug-likeness (QED) is 0.310. The highest BCUT2D eigenvalue weighted by atomic mass is 35.5. The first kappa shape index (κ1) is 22.7. The van der Waals surface area contributed by atoms with E-state index in [4.69, 9.17) is 20.8 Å². The van der Waals surface area contributed by atoms with Gasteiger partial charge in [0.15, 0.2) is 0 Å². The summed E-state index contributed by atoms with van der Waals surface area (Å²) in [5.74, 6) is 0.455. The third-order valence-corrected chi connectivity index (χ3v) is 6.32. The minimum Gasteiger partial charge on any atom is -0.496 e. The van der Waals surface area contributed by atoms with Crippen LogP contribution in [0, 0.1) is 20.8 Å². The van der Waals surface area contributed by atoms with Gasteiger partial charge in [0.2, 0.25) is 5.91 Å². The summed E-state index contributed by atoms with van der Waals surface area (Å²) in [7, 11) is 1.63. The second-order valence-electron chi connectivity index (χ2n) is 8.20. The van der Waals surface area contributed by atoms with Crippen molar-refractivity contribution in [1.82, 2.24) is 0 Å². The Hall–Kier alpha value is -3.50. The van der Waals surface area contributed by atoms with Gasteiger partial charge in [-0.05, 0) is 62.6 Å². The van der Waals surface area contributed by atoms with Crippen LogP contribution in [0.3, 0.4) is 0 Å². The number of methoxy groups -OCH3 is 1. The molecule has 0 spiro atoms. The first-order valence-electron chi connectivity index (χ1n) is 10.7. The molecule has 0 saturated heterocycles. The minimum absolute atomic E-state index is 0.233. The summed E-state index contributed by atoms with van der Waals surface area (Å²) in [6.07, 6.45) is 3.36. The van der Waals surface area contributed by atoms with Crippen LogP contribution in [0.15, 0.2) is 65.3 Å². The van der Waals surface area contributed by atoms with Crippen LogP contribution >= 0.6 is 11.6 Å². The van der Waals surface area contributed by atoms with Crippen molar-refractivity contribution in [3.05, 3.63) is 88.1 Å². The molecule has 0 aliphatic rings. The van der Waals surface area contributed by atoms with Crippen LogP contribution in [-0.4, -0.2) is 13.0 Å². The number of halogens is 1. The standard InChI is InChI=1S/C28H26ClNO3/c1-16-9-11-20(12-10-16)23-15-33-28-19(4)27(32-5)21(14-22(23)28)17(2)13-26(31)30-25-8-6-7-24(29)18(25)3/h6-15H,1-5H3,(H,30,31)/b17-13+. The molecule has 0 radical (unpaired) electrons. The lowest BCUT2D eigenvalue weighted by Gasteiger charge is -2.14. The van der Waals surface area contributed by atoms with Crippen molar-refractivity contribution in [3.8, 4) is 16.9 Å². The molecule has 1 amide bonds. The maximum atomic E-state index is 12.8.